The van der Waals surface area contributed by atoms with Gasteiger partial charge in [0, 0.05) is 45.3 Å². The van der Waals surface area contributed by atoms with Gasteiger partial charge in [0.1, 0.15) is 33.9 Å². The van der Waals surface area contributed by atoms with E-state index >= 15 is 0 Å². The zero-order chi connectivity index (χ0) is 20.6. The minimum atomic E-state index is -3.63. The highest BCUT2D eigenvalue weighted by atomic mass is 32.2. The van der Waals surface area contributed by atoms with E-state index in [2.05, 4.69) is 28.5 Å². The SMILES string of the molecule is O=S(=O)(c1cccc2nsnc12)N1CCN(c2cc(N3CCOCC3)ncn2)CC1. The summed E-state index contributed by atoms with van der Waals surface area (Å²) in [6.07, 6.45) is 1.57. The van der Waals surface area contributed by atoms with Crippen molar-refractivity contribution in [1.82, 2.24) is 23.0 Å². The summed E-state index contributed by atoms with van der Waals surface area (Å²) in [7, 11) is -3.63. The molecule has 0 saturated carbocycles. The first-order chi connectivity index (χ1) is 14.6. The van der Waals surface area contributed by atoms with Gasteiger partial charge in [0.25, 0.3) is 0 Å². The predicted molar refractivity (Wildman–Crippen MR) is 113 cm³/mol. The number of morpholine rings is 1. The molecule has 30 heavy (non-hydrogen) atoms. The van der Waals surface area contributed by atoms with E-state index in [1.807, 2.05) is 6.07 Å². The summed E-state index contributed by atoms with van der Waals surface area (Å²) in [5.41, 5.74) is 1.05. The topological polar surface area (TPSA) is 105 Å². The van der Waals surface area contributed by atoms with Crippen molar-refractivity contribution in [2.75, 3.05) is 62.3 Å². The Hall–Kier alpha value is -2.41. The van der Waals surface area contributed by atoms with Crippen LogP contribution in [0.25, 0.3) is 11.0 Å². The lowest BCUT2D eigenvalue weighted by molar-refractivity contribution is 0.122. The molecule has 158 valence electrons. The zero-order valence-electron chi connectivity index (χ0n) is 16.2. The third-order valence-corrected chi connectivity index (χ3v) is 7.88. The normalized spacial score (nSPS) is 18.8. The van der Waals surface area contributed by atoms with Gasteiger partial charge in [-0.2, -0.15) is 13.1 Å². The first kappa shape index (κ1) is 19.5. The van der Waals surface area contributed by atoms with Gasteiger partial charge in [0.2, 0.25) is 10.0 Å². The molecule has 0 atom stereocenters. The zero-order valence-corrected chi connectivity index (χ0v) is 17.8. The van der Waals surface area contributed by atoms with E-state index in [-0.39, 0.29) is 4.90 Å². The lowest BCUT2D eigenvalue weighted by Crippen LogP contribution is -2.49. The second-order valence-corrected chi connectivity index (χ2v) is 9.55. The summed E-state index contributed by atoms with van der Waals surface area (Å²) >= 11 is 1.02. The van der Waals surface area contributed by atoms with Gasteiger partial charge in [-0.25, -0.2) is 18.4 Å². The maximum absolute atomic E-state index is 13.2. The molecule has 10 nitrogen and oxygen atoms in total. The standard InChI is InChI=1S/C18H21N7O3S2/c26-30(27,15-3-1-2-14-18(15)22-29-21-14)25-6-4-23(5-7-25)16-12-17(20-13-19-16)24-8-10-28-11-9-24/h1-3,12-13H,4-11H2. The number of fused-ring (bicyclic) bond motifs is 1. The Morgan fingerprint density at radius 1 is 0.900 bits per heavy atom. The molecular formula is C18H21N7O3S2. The van der Waals surface area contributed by atoms with Gasteiger partial charge in [0.05, 0.1) is 24.9 Å². The van der Waals surface area contributed by atoms with E-state index < -0.39 is 10.0 Å². The van der Waals surface area contributed by atoms with Gasteiger partial charge in [-0.15, -0.1) is 0 Å². The summed E-state index contributed by atoms with van der Waals surface area (Å²) in [6.45, 7) is 4.88. The Kier molecular flexibility index (Phi) is 5.23. The first-order valence-electron chi connectivity index (χ1n) is 9.74. The average molecular weight is 448 g/mol. The molecule has 2 aliphatic rings. The largest absolute Gasteiger partial charge is 0.378 e. The van der Waals surface area contributed by atoms with Gasteiger partial charge in [-0.1, -0.05) is 6.07 Å². The van der Waals surface area contributed by atoms with Crippen LogP contribution in [0.2, 0.25) is 0 Å². The number of piperazine rings is 1. The predicted octanol–water partition coefficient (Wildman–Crippen LogP) is 0.829. The molecule has 0 spiro atoms. The lowest BCUT2D eigenvalue weighted by Gasteiger charge is -2.35. The molecule has 2 fully saturated rings. The highest BCUT2D eigenvalue weighted by Crippen LogP contribution is 2.26. The van der Waals surface area contributed by atoms with Crippen LogP contribution in [0.5, 0.6) is 0 Å². The summed E-state index contributed by atoms with van der Waals surface area (Å²) in [5.74, 6) is 1.69. The summed E-state index contributed by atoms with van der Waals surface area (Å²) in [4.78, 5) is 13.3. The quantitative estimate of drug-likeness (QED) is 0.575. The van der Waals surface area contributed by atoms with Crippen molar-refractivity contribution in [3.63, 3.8) is 0 Å². The van der Waals surface area contributed by atoms with E-state index in [0.717, 1.165) is 36.5 Å². The molecule has 0 radical (unpaired) electrons. The van der Waals surface area contributed by atoms with Crippen molar-refractivity contribution in [2.24, 2.45) is 0 Å². The van der Waals surface area contributed by atoms with Crippen LogP contribution in [-0.2, 0) is 14.8 Å². The van der Waals surface area contributed by atoms with Gasteiger partial charge < -0.3 is 14.5 Å². The second kappa shape index (κ2) is 8.02. The van der Waals surface area contributed by atoms with Gasteiger partial charge in [0.15, 0.2) is 0 Å². The van der Waals surface area contributed by atoms with Crippen LogP contribution in [0.1, 0.15) is 0 Å². The van der Waals surface area contributed by atoms with Crippen LogP contribution in [-0.4, -0.2) is 83.9 Å². The smallest absolute Gasteiger partial charge is 0.245 e. The van der Waals surface area contributed by atoms with Crippen LogP contribution < -0.4 is 9.80 Å². The van der Waals surface area contributed by atoms with Gasteiger partial charge in [-0.3, -0.25) is 0 Å². The fourth-order valence-corrected chi connectivity index (χ4v) is 5.94. The fourth-order valence-electron chi connectivity index (χ4n) is 3.76. The number of hydrogen-bond donors (Lipinski definition) is 0. The van der Waals surface area contributed by atoms with Crippen LogP contribution in [0, 0.1) is 0 Å². The van der Waals surface area contributed by atoms with Gasteiger partial charge >= 0.3 is 0 Å². The maximum Gasteiger partial charge on any atom is 0.245 e. The maximum atomic E-state index is 13.2. The highest BCUT2D eigenvalue weighted by molar-refractivity contribution is 7.89. The molecule has 1 aromatic carbocycles. The molecule has 3 aromatic rings. The number of aromatic nitrogens is 4. The fraction of sp³-hybridized carbons (Fsp3) is 0.444. The molecule has 0 amide bonds. The number of hydrogen-bond acceptors (Lipinski definition) is 10. The van der Waals surface area contributed by atoms with Crippen LogP contribution >= 0.6 is 11.7 Å². The monoisotopic (exact) mass is 447 g/mol. The van der Waals surface area contributed by atoms with Crippen LogP contribution in [0.4, 0.5) is 11.6 Å². The van der Waals surface area contributed by atoms with E-state index in [1.54, 1.807) is 24.5 Å². The second-order valence-electron chi connectivity index (χ2n) is 7.11. The van der Waals surface area contributed by atoms with Crippen molar-refractivity contribution in [3.8, 4) is 0 Å². The molecule has 2 saturated heterocycles. The minimum Gasteiger partial charge on any atom is -0.378 e. The van der Waals surface area contributed by atoms with Crippen LogP contribution in [0.3, 0.4) is 0 Å². The molecule has 2 aliphatic heterocycles. The Morgan fingerprint density at radius 2 is 1.60 bits per heavy atom. The Labute approximate surface area is 178 Å². The Balaban J connectivity index is 1.31. The summed E-state index contributed by atoms with van der Waals surface area (Å²) < 4.78 is 41.7. The molecule has 0 aliphatic carbocycles. The molecule has 5 rings (SSSR count). The average Bonchev–Trinajstić information content (AvgIpc) is 3.29. The summed E-state index contributed by atoms with van der Waals surface area (Å²) in [5, 5.41) is 0. The van der Waals surface area contributed by atoms with Gasteiger partial charge in [-0.05, 0) is 12.1 Å². The molecule has 0 N–H and O–H groups in total. The van der Waals surface area contributed by atoms with E-state index in [1.165, 1.54) is 4.31 Å². The molecular weight excluding hydrogens is 426 g/mol. The number of sulfonamides is 1. The Bertz CT molecular complexity index is 1140. The summed E-state index contributed by atoms with van der Waals surface area (Å²) in [6, 6.07) is 7.06. The number of nitrogens with zero attached hydrogens (tertiary/aromatic N) is 7. The van der Waals surface area contributed by atoms with E-state index in [9.17, 15) is 8.42 Å². The number of rotatable bonds is 4. The van der Waals surface area contributed by atoms with Crippen molar-refractivity contribution < 1.29 is 13.2 Å². The molecule has 12 heteroatoms. The number of anilines is 2. The molecule has 0 bridgehead atoms. The van der Waals surface area contributed by atoms with E-state index in [0.29, 0.717) is 50.4 Å². The van der Waals surface area contributed by atoms with E-state index in [4.69, 9.17) is 4.74 Å². The first-order valence-corrected chi connectivity index (χ1v) is 11.9. The van der Waals surface area contributed by atoms with Crippen molar-refractivity contribution in [3.05, 3.63) is 30.6 Å². The van der Waals surface area contributed by atoms with Crippen molar-refractivity contribution in [2.45, 2.75) is 4.90 Å². The third kappa shape index (κ3) is 3.60. The highest BCUT2D eigenvalue weighted by Gasteiger charge is 2.31. The number of ether oxygens (including phenoxy) is 1. The van der Waals surface area contributed by atoms with Crippen molar-refractivity contribution in [1.29, 1.82) is 0 Å². The molecule has 4 heterocycles. The molecule has 0 unspecified atom stereocenters. The Morgan fingerprint density at radius 3 is 2.33 bits per heavy atom. The minimum absolute atomic E-state index is 0.221. The third-order valence-electron chi connectivity index (χ3n) is 5.40. The van der Waals surface area contributed by atoms with Crippen LogP contribution in [0.15, 0.2) is 35.5 Å². The van der Waals surface area contributed by atoms with Crippen molar-refractivity contribution >= 4 is 44.4 Å². The lowest BCUT2D eigenvalue weighted by atomic mass is 10.3. The number of benzene rings is 1. The molecule has 2 aromatic heterocycles.